The highest BCUT2D eigenvalue weighted by molar-refractivity contribution is 5.95. The lowest BCUT2D eigenvalue weighted by Crippen LogP contribution is -2.46. The molecule has 0 saturated carbocycles. The molecular formula is C16H24N2O7. The molecule has 0 aromatic rings. The molecule has 0 bridgehead atoms. The van der Waals surface area contributed by atoms with Crippen molar-refractivity contribution in [3.8, 4) is 0 Å². The van der Waals surface area contributed by atoms with Crippen LogP contribution in [0.15, 0.2) is 24.3 Å². The van der Waals surface area contributed by atoms with E-state index in [-0.39, 0.29) is 44.5 Å². The number of imide groups is 1. The van der Waals surface area contributed by atoms with E-state index in [1.54, 1.807) is 13.8 Å². The number of carbonyl (C=O) groups excluding carboxylic acids is 4. The molecule has 0 aromatic carbocycles. The summed E-state index contributed by atoms with van der Waals surface area (Å²) in [4.78, 5) is 47.1. The summed E-state index contributed by atoms with van der Waals surface area (Å²) in [6.45, 7) is 10.6. The van der Waals surface area contributed by atoms with Crippen LogP contribution < -0.4 is 5.32 Å². The van der Waals surface area contributed by atoms with Crippen molar-refractivity contribution in [3.63, 3.8) is 0 Å². The van der Waals surface area contributed by atoms with Crippen LogP contribution in [0.1, 0.15) is 20.8 Å². The summed E-state index contributed by atoms with van der Waals surface area (Å²) in [6.07, 6.45) is -0.899. The smallest absolute Gasteiger partial charge is 0.418 e. The van der Waals surface area contributed by atoms with Crippen molar-refractivity contribution in [1.29, 1.82) is 0 Å². The van der Waals surface area contributed by atoms with Gasteiger partial charge in [-0.1, -0.05) is 13.2 Å². The summed E-state index contributed by atoms with van der Waals surface area (Å²) in [7, 11) is 0. The average molecular weight is 356 g/mol. The first kappa shape index (κ1) is 22.3. The molecule has 0 aliphatic rings. The molecule has 0 rings (SSSR count). The zero-order valence-electron chi connectivity index (χ0n) is 14.8. The van der Waals surface area contributed by atoms with Gasteiger partial charge in [-0.05, 0) is 26.3 Å². The van der Waals surface area contributed by atoms with Crippen molar-refractivity contribution in [3.05, 3.63) is 24.3 Å². The normalized spacial score (nSPS) is 9.72. The van der Waals surface area contributed by atoms with Crippen LogP contribution in [0.2, 0.25) is 0 Å². The third-order valence-electron chi connectivity index (χ3n) is 2.66. The van der Waals surface area contributed by atoms with Crippen molar-refractivity contribution in [2.24, 2.45) is 0 Å². The zero-order valence-corrected chi connectivity index (χ0v) is 14.8. The lowest BCUT2D eigenvalue weighted by Gasteiger charge is -2.20. The Morgan fingerprint density at radius 3 is 2.20 bits per heavy atom. The average Bonchev–Trinajstić information content (AvgIpc) is 2.54. The van der Waals surface area contributed by atoms with E-state index in [1.165, 1.54) is 6.92 Å². The van der Waals surface area contributed by atoms with Crippen LogP contribution in [0, 0.1) is 0 Å². The second kappa shape index (κ2) is 11.8. The maximum absolute atomic E-state index is 12.0. The van der Waals surface area contributed by atoms with E-state index >= 15 is 0 Å². The van der Waals surface area contributed by atoms with Gasteiger partial charge in [0.1, 0.15) is 19.9 Å². The maximum atomic E-state index is 12.0. The molecule has 9 heteroatoms. The fourth-order valence-corrected chi connectivity index (χ4v) is 1.31. The van der Waals surface area contributed by atoms with E-state index in [1.807, 2.05) is 0 Å². The molecule has 9 nitrogen and oxygen atoms in total. The largest absolute Gasteiger partial charge is 0.460 e. The highest BCUT2D eigenvalue weighted by Crippen LogP contribution is 1.98. The summed E-state index contributed by atoms with van der Waals surface area (Å²) in [6, 6.07) is -0.812. The van der Waals surface area contributed by atoms with E-state index in [9.17, 15) is 19.2 Å². The Labute approximate surface area is 146 Å². The number of nitrogens with zero attached hydrogens (tertiary/aromatic N) is 1. The van der Waals surface area contributed by atoms with Crippen LogP contribution in [0.3, 0.4) is 0 Å². The van der Waals surface area contributed by atoms with Crippen molar-refractivity contribution >= 4 is 23.9 Å². The molecule has 0 heterocycles. The van der Waals surface area contributed by atoms with Crippen molar-refractivity contribution in [1.82, 2.24) is 10.2 Å². The monoisotopic (exact) mass is 356 g/mol. The van der Waals surface area contributed by atoms with Gasteiger partial charge < -0.3 is 19.5 Å². The molecule has 3 amide bonds. The van der Waals surface area contributed by atoms with E-state index < -0.39 is 18.1 Å². The molecule has 0 aromatic heterocycles. The van der Waals surface area contributed by atoms with Crippen LogP contribution in [0.4, 0.5) is 9.59 Å². The van der Waals surface area contributed by atoms with Gasteiger partial charge in [-0.2, -0.15) is 0 Å². The molecule has 0 fully saturated rings. The molecule has 0 aliphatic heterocycles. The first-order chi connectivity index (χ1) is 11.7. The van der Waals surface area contributed by atoms with Crippen LogP contribution in [-0.2, 0) is 23.8 Å². The highest BCUT2D eigenvalue weighted by Gasteiger charge is 2.23. The number of hydrogen-bond acceptors (Lipinski definition) is 7. The number of amides is 3. The topological polar surface area (TPSA) is 111 Å². The van der Waals surface area contributed by atoms with Crippen molar-refractivity contribution in [2.45, 2.75) is 20.8 Å². The molecular weight excluding hydrogens is 332 g/mol. The maximum Gasteiger partial charge on any atom is 0.418 e. The molecule has 0 atom stereocenters. The molecule has 0 aliphatic carbocycles. The Hall–Kier alpha value is -2.68. The summed E-state index contributed by atoms with van der Waals surface area (Å²) in [5, 5.41) is 2.30. The summed E-state index contributed by atoms with van der Waals surface area (Å²) >= 11 is 0. The number of nitrogens with one attached hydrogen (secondary N) is 1. The Bertz CT molecular complexity index is 543. The minimum absolute atomic E-state index is 0.0672. The number of carbonyl (C=O) groups is 4. The predicted molar refractivity (Wildman–Crippen MR) is 88.7 cm³/mol. The summed E-state index contributed by atoms with van der Waals surface area (Å²) in [5.74, 6) is -0.936. The number of urea groups is 1. The Balaban J connectivity index is 4.49. The molecule has 0 radical (unpaired) electrons. The van der Waals surface area contributed by atoms with Gasteiger partial charge in [-0.15, -0.1) is 0 Å². The fourth-order valence-electron chi connectivity index (χ4n) is 1.31. The zero-order chi connectivity index (χ0) is 19.4. The van der Waals surface area contributed by atoms with Crippen LogP contribution >= 0.6 is 0 Å². The Morgan fingerprint density at radius 1 is 1.04 bits per heavy atom. The van der Waals surface area contributed by atoms with Gasteiger partial charge in [0, 0.05) is 5.57 Å². The summed E-state index contributed by atoms with van der Waals surface area (Å²) in [5.41, 5.74) is 0.529. The van der Waals surface area contributed by atoms with Gasteiger partial charge in [0.25, 0.3) is 0 Å². The number of ether oxygens (including phenoxy) is 3. The predicted octanol–water partition coefficient (Wildman–Crippen LogP) is 1.39. The number of ketones is 1. The van der Waals surface area contributed by atoms with E-state index in [2.05, 4.69) is 18.5 Å². The van der Waals surface area contributed by atoms with Gasteiger partial charge in [-0.3, -0.25) is 4.79 Å². The van der Waals surface area contributed by atoms with Crippen LogP contribution in [0.5, 0.6) is 0 Å². The Morgan fingerprint density at radius 2 is 1.68 bits per heavy atom. The summed E-state index contributed by atoms with van der Waals surface area (Å²) < 4.78 is 14.6. The van der Waals surface area contributed by atoms with Crippen molar-refractivity contribution < 1.29 is 33.4 Å². The lowest BCUT2D eigenvalue weighted by atomic mass is 10.2. The van der Waals surface area contributed by atoms with E-state index in [0.29, 0.717) is 5.57 Å². The lowest BCUT2D eigenvalue weighted by molar-refractivity contribution is -0.139. The van der Waals surface area contributed by atoms with Gasteiger partial charge in [0.15, 0.2) is 5.78 Å². The van der Waals surface area contributed by atoms with Crippen LogP contribution in [0.25, 0.3) is 0 Å². The SMILES string of the molecule is C=C(C)C(=O)COCNC(=O)N(CCOC(=O)C(=C)C)C(=O)OCC. The van der Waals surface area contributed by atoms with Gasteiger partial charge in [0.2, 0.25) is 0 Å². The van der Waals surface area contributed by atoms with Crippen molar-refractivity contribution in [2.75, 3.05) is 33.1 Å². The molecule has 0 unspecified atom stereocenters. The minimum Gasteiger partial charge on any atom is -0.460 e. The number of esters is 1. The number of hydrogen-bond donors (Lipinski definition) is 1. The first-order valence-corrected chi connectivity index (χ1v) is 7.51. The van der Waals surface area contributed by atoms with Gasteiger partial charge in [0.05, 0.1) is 13.2 Å². The second-order valence-corrected chi connectivity index (χ2v) is 4.95. The minimum atomic E-state index is -0.899. The van der Waals surface area contributed by atoms with E-state index in [0.717, 1.165) is 4.90 Å². The van der Waals surface area contributed by atoms with E-state index in [4.69, 9.17) is 14.2 Å². The standard InChI is InChI=1S/C16H24N2O7/c1-6-24-16(22)18(7-8-25-14(20)12(4)5)15(21)17-10-23-9-13(19)11(2)3/h2,4,6-10H2,1,3,5H3,(H,17,21). The third kappa shape index (κ3) is 9.26. The van der Waals surface area contributed by atoms with Crippen LogP contribution in [-0.4, -0.2) is 61.9 Å². The number of rotatable bonds is 10. The molecule has 0 spiro atoms. The van der Waals surface area contributed by atoms with Gasteiger partial charge in [-0.25, -0.2) is 19.3 Å². The first-order valence-electron chi connectivity index (χ1n) is 7.51. The molecule has 140 valence electrons. The molecule has 25 heavy (non-hydrogen) atoms. The highest BCUT2D eigenvalue weighted by atomic mass is 16.6. The fraction of sp³-hybridized carbons (Fsp3) is 0.500. The molecule has 1 N–H and O–H groups in total. The number of Topliss-reactive ketones (excluding diaryl/α,β-unsaturated/α-hetero) is 1. The second-order valence-electron chi connectivity index (χ2n) is 4.95. The molecule has 0 saturated heterocycles. The third-order valence-corrected chi connectivity index (χ3v) is 2.66. The van der Waals surface area contributed by atoms with Gasteiger partial charge >= 0.3 is 18.1 Å². The Kier molecular flexibility index (Phi) is 10.5. The quantitative estimate of drug-likeness (QED) is 0.272.